The number of nitrogens with zero attached hydrogens (tertiary/aromatic N) is 2. The van der Waals surface area contributed by atoms with Gasteiger partial charge in [-0.2, -0.15) is 0 Å². The Morgan fingerprint density at radius 2 is 1.50 bits per heavy atom. The van der Waals surface area contributed by atoms with Gasteiger partial charge in [0.2, 0.25) is 11.8 Å². The lowest BCUT2D eigenvalue weighted by molar-refractivity contribution is -0.139. The standard InChI is InChI=1S/C34H36ClN3O5S/c1-4-43-30-18-16-29(17-19-30)38(44(41,42)31-20-10-25(2)11-21-31)24-33(39)37(23-27-12-14-28(35)15-13-27)32(34(40)36-3)22-26-8-6-5-7-9-26/h5-21,32H,4,22-24H2,1-3H3,(H,36,40). The van der Waals surface area contributed by atoms with Gasteiger partial charge in [0.15, 0.2) is 0 Å². The van der Waals surface area contributed by atoms with Crippen LogP contribution in [0.1, 0.15) is 23.6 Å². The van der Waals surface area contributed by atoms with Crippen LogP contribution in [-0.2, 0) is 32.6 Å². The molecule has 0 aromatic heterocycles. The van der Waals surface area contributed by atoms with Gasteiger partial charge in [-0.1, -0.05) is 71.8 Å². The zero-order valence-electron chi connectivity index (χ0n) is 24.9. The van der Waals surface area contributed by atoms with Gasteiger partial charge in [0.1, 0.15) is 18.3 Å². The first-order valence-electron chi connectivity index (χ1n) is 14.2. The normalized spacial score (nSPS) is 11.8. The molecule has 1 unspecified atom stereocenters. The topological polar surface area (TPSA) is 96.0 Å². The number of anilines is 1. The van der Waals surface area contributed by atoms with Crippen molar-refractivity contribution in [2.45, 2.75) is 37.8 Å². The zero-order valence-corrected chi connectivity index (χ0v) is 26.5. The monoisotopic (exact) mass is 633 g/mol. The summed E-state index contributed by atoms with van der Waals surface area (Å²) >= 11 is 6.11. The third-order valence-corrected chi connectivity index (χ3v) is 9.15. The van der Waals surface area contributed by atoms with E-state index in [0.717, 1.165) is 21.0 Å². The van der Waals surface area contributed by atoms with E-state index in [4.69, 9.17) is 16.3 Å². The summed E-state index contributed by atoms with van der Waals surface area (Å²) in [6.45, 7) is 3.69. The SMILES string of the molecule is CCOc1ccc(N(CC(=O)N(Cc2ccc(Cl)cc2)C(Cc2ccccc2)C(=O)NC)S(=O)(=O)c2ccc(C)cc2)cc1. The first-order valence-corrected chi connectivity index (χ1v) is 16.1. The number of benzene rings is 4. The number of amides is 2. The first kappa shape index (κ1) is 32.6. The highest BCUT2D eigenvalue weighted by molar-refractivity contribution is 7.92. The molecule has 4 aromatic rings. The highest BCUT2D eigenvalue weighted by atomic mass is 35.5. The molecule has 0 spiro atoms. The summed E-state index contributed by atoms with van der Waals surface area (Å²) in [5, 5.41) is 3.21. The highest BCUT2D eigenvalue weighted by Gasteiger charge is 2.34. The second-order valence-electron chi connectivity index (χ2n) is 10.2. The Labute approximate surface area is 264 Å². The van der Waals surface area contributed by atoms with E-state index in [1.54, 1.807) is 60.7 Å². The molecule has 4 rings (SSSR count). The summed E-state index contributed by atoms with van der Waals surface area (Å²) in [6.07, 6.45) is 0.230. The number of hydrogen-bond acceptors (Lipinski definition) is 5. The molecule has 0 heterocycles. The van der Waals surface area contributed by atoms with E-state index in [0.29, 0.717) is 17.4 Å². The third-order valence-electron chi connectivity index (χ3n) is 7.11. The third kappa shape index (κ3) is 8.18. The van der Waals surface area contributed by atoms with E-state index in [2.05, 4.69) is 5.32 Å². The zero-order chi connectivity index (χ0) is 31.7. The van der Waals surface area contributed by atoms with Crippen molar-refractivity contribution in [1.82, 2.24) is 10.2 Å². The Kier molecular flexibility index (Phi) is 11.0. The van der Waals surface area contributed by atoms with Gasteiger partial charge in [-0.3, -0.25) is 13.9 Å². The Morgan fingerprint density at radius 3 is 2.09 bits per heavy atom. The van der Waals surface area contributed by atoms with Crippen molar-refractivity contribution in [2.75, 3.05) is 24.5 Å². The first-order chi connectivity index (χ1) is 21.1. The van der Waals surface area contributed by atoms with Crippen molar-refractivity contribution >= 4 is 39.1 Å². The maximum absolute atomic E-state index is 14.3. The van der Waals surface area contributed by atoms with Gasteiger partial charge < -0.3 is 15.0 Å². The Balaban J connectivity index is 1.78. The molecule has 0 saturated heterocycles. The van der Waals surface area contributed by atoms with Crippen molar-refractivity contribution < 1.29 is 22.7 Å². The minimum absolute atomic E-state index is 0.0428. The minimum atomic E-state index is -4.19. The molecular formula is C34H36ClN3O5S. The van der Waals surface area contributed by atoms with Crippen LogP contribution in [0.3, 0.4) is 0 Å². The van der Waals surface area contributed by atoms with Crippen molar-refractivity contribution in [3.8, 4) is 5.75 Å². The molecule has 0 bridgehead atoms. The van der Waals surface area contributed by atoms with Crippen LogP contribution in [0.5, 0.6) is 5.75 Å². The average Bonchev–Trinajstić information content (AvgIpc) is 3.03. The summed E-state index contributed by atoms with van der Waals surface area (Å²) in [7, 11) is -2.67. The van der Waals surface area contributed by atoms with E-state index in [9.17, 15) is 18.0 Å². The van der Waals surface area contributed by atoms with Crippen molar-refractivity contribution in [2.24, 2.45) is 0 Å². The molecule has 2 amide bonds. The average molecular weight is 634 g/mol. The quantitative estimate of drug-likeness (QED) is 0.206. The number of hydrogen-bond donors (Lipinski definition) is 1. The molecule has 230 valence electrons. The fourth-order valence-corrected chi connectivity index (χ4v) is 6.29. The fraction of sp³-hybridized carbons (Fsp3) is 0.235. The summed E-state index contributed by atoms with van der Waals surface area (Å²) in [4.78, 5) is 29.2. The van der Waals surface area contributed by atoms with Crippen molar-refractivity contribution in [3.05, 3.63) is 125 Å². The molecule has 0 radical (unpaired) electrons. The lowest BCUT2D eigenvalue weighted by Crippen LogP contribution is -2.53. The number of sulfonamides is 1. The van der Waals surface area contributed by atoms with Crippen LogP contribution in [0, 0.1) is 6.92 Å². The Hall–Kier alpha value is -4.34. The van der Waals surface area contributed by atoms with Crippen LogP contribution < -0.4 is 14.4 Å². The molecule has 8 nitrogen and oxygen atoms in total. The predicted molar refractivity (Wildman–Crippen MR) is 173 cm³/mol. The van der Waals surface area contributed by atoms with E-state index >= 15 is 0 Å². The van der Waals surface area contributed by atoms with Crippen LogP contribution in [0.15, 0.2) is 108 Å². The van der Waals surface area contributed by atoms with Crippen LogP contribution >= 0.6 is 11.6 Å². The second kappa shape index (κ2) is 14.9. The van der Waals surface area contributed by atoms with Crippen LogP contribution in [-0.4, -0.2) is 51.4 Å². The number of carbonyl (C=O) groups is 2. The molecule has 0 aliphatic rings. The van der Waals surface area contributed by atoms with Crippen LogP contribution in [0.2, 0.25) is 5.02 Å². The second-order valence-corrected chi connectivity index (χ2v) is 12.5. The molecule has 10 heteroatoms. The number of carbonyl (C=O) groups excluding carboxylic acids is 2. The summed E-state index contributed by atoms with van der Waals surface area (Å²) in [6, 6.07) is 28.4. The van der Waals surface area contributed by atoms with E-state index < -0.39 is 28.5 Å². The van der Waals surface area contributed by atoms with Crippen LogP contribution in [0.4, 0.5) is 5.69 Å². The van der Waals surface area contributed by atoms with E-state index in [1.807, 2.05) is 44.2 Å². The molecular weight excluding hydrogens is 598 g/mol. The molecule has 1 atom stereocenters. The highest BCUT2D eigenvalue weighted by Crippen LogP contribution is 2.27. The number of likely N-dealkylation sites (N-methyl/N-ethyl adjacent to an activating group) is 1. The maximum atomic E-state index is 14.3. The van der Waals surface area contributed by atoms with Gasteiger partial charge in [0.25, 0.3) is 10.0 Å². The predicted octanol–water partition coefficient (Wildman–Crippen LogP) is 5.63. The van der Waals surface area contributed by atoms with E-state index in [1.165, 1.54) is 24.1 Å². The van der Waals surface area contributed by atoms with Gasteiger partial charge >= 0.3 is 0 Å². The van der Waals surface area contributed by atoms with Gasteiger partial charge in [-0.25, -0.2) is 8.42 Å². The lowest BCUT2D eigenvalue weighted by atomic mass is 10.0. The van der Waals surface area contributed by atoms with Crippen molar-refractivity contribution in [3.63, 3.8) is 0 Å². The van der Waals surface area contributed by atoms with E-state index in [-0.39, 0.29) is 29.5 Å². The Morgan fingerprint density at radius 1 is 0.864 bits per heavy atom. The molecule has 0 aliphatic heterocycles. The smallest absolute Gasteiger partial charge is 0.264 e. The molecule has 0 saturated carbocycles. The summed E-state index contributed by atoms with van der Waals surface area (Å²) < 4.78 is 34.8. The largest absolute Gasteiger partial charge is 0.494 e. The number of halogens is 1. The van der Waals surface area contributed by atoms with Gasteiger partial charge in [0, 0.05) is 25.0 Å². The fourth-order valence-electron chi connectivity index (χ4n) is 4.75. The molecule has 44 heavy (non-hydrogen) atoms. The number of rotatable bonds is 13. The minimum Gasteiger partial charge on any atom is -0.494 e. The maximum Gasteiger partial charge on any atom is 0.264 e. The Bertz CT molecular complexity index is 1650. The van der Waals surface area contributed by atoms with Gasteiger partial charge in [-0.15, -0.1) is 0 Å². The van der Waals surface area contributed by atoms with Gasteiger partial charge in [0.05, 0.1) is 17.2 Å². The number of nitrogens with one attached hydrogen (secondary N) is 1. The van der Waals surface area contributed by atoms with Crippen molar-refractivity contribution in [1.29, 1.82) is 0 Å². The summed E-state index contributed by atoms with van der Waals surface area (Å²) in [5.41, 5.74) is 2.77. The number of aryl methyl sites for hydroxylation is 1. The molecule has 1 N–H and O–H groups in total. The molecule has 4 aromatic carbocycles. The molecule has 0 fully saturated rings. The molecule has 0 aliphatic carbocycles. The lowest BCUT2D eigenvalue weighted by Gasteiger charge is -2.33. The summed E-state index contributed by atoms with van der Waals surface area (Å²) in [5.74, 6) is -0.346. The van der Waals surface area contributed by atoms with Gasteiger partial charge in [-0.05, 0) is 73.5 Å². The van der Waals surface area contributed by atoms with Crippen LogP contribution in [0.25, 0.3) is 0 Å². The number of ether oxygens (including phenoxy) is 1.